The molecule has 1 aromatic heterocycles. The van der Waals surface area contributed by atoms with Crippen molar-refractivity contribution < 1.29 is 19.7 Å². The van der Waals surface area contributed by atoms with Crippen molar-refractivity contribution in [3.05, 3.63) is 59.8 Å². The molecule has 0 atom stereocenters. The number of phenolic OH excluding ortho intramolecular Hbond substituents is 1. The number of nitrogens with one attached hydrogen (secondary N) is 1. The monoisotopic (exact) mass is 408 g/mol. The van der Waals surface area contributed by atoms with E-state index in [0.717, 1.165) is 49.8 Å². The number of ether oxygens (including phenoxy) is 1. The number of rotatable bonds is 7. The number of phenols is 1. The van der Waals surface area contributed by atoms with Crippen molar-refractivity contribution in [2.45, 2.75) is 38.0 Å². The summed E-state index contributed by atoms with van der Waals surface area (Å²) in [6.45, 7) is 3.39. The van der Waals surface area contributed by atoms with Gasteiger partial charge in [0.1, 0.15) is 11.5 Å². The van der Waals surface area contributed by atoms with Crippen LogP contribution in [0.2, 0.25) is 0 Å². The zero-order valence-corrected chi connectivity index (χ0v) is 17.0. The minimum atomic E-state index is -1.30. The predicted molar refractivity (Wildman–Crippen MR) is 116 cm³/mol. The number of carbonyl (C=O) groups is 1. The molecule has 2 aromatic carbocycles. The van der Waals surface area contributed by atoms with Crippen LogP contribution >= 0.6 is 0 Å². The Morgan fingerprint density at radius 3 is 2.60 bits per heavy atom. The third-order valence-corrected chi connectivity index (χ3v) is 6.07. The number of carboxylic acid groups (broad SMARTS) is 1. The molecular formula is C24H28N2O4. The third-order valence-electron chi connectivity index (χ3n) is 6.07. The number of unbranched alkanes of at least 4 members (excludes halogenated alkanes) is 1. The molecule has 1 aliphatic heterocycles. The topological polar surface area (TPSA) is 85.8 Å². The van der Waals surface area contributed by atoms with Crippen LogP contribution in [0.1, 0.15) is 42.7 Å². The quantitative estimate of drug-likeness (QED) is 0.287. The molecule has 0 spiro atoms. The largest absolute Gasteiger partial charge is 0.511 e. The van der Waals surface area contributed by atoms with Gasteiger partial charge in [-0.1, -0.05) is 12.1 Å². The Hall–Kier alpha value is -2.99. The summed E-state index contributed by atoms with van der Waals surface area (Å²) < 4.78 is 4.72. The van der Waals surface area contributed by atoms with Crippen molar-refractivity contribution in [2.75, 3.05) is 19.6 Å². The van der Waals surface area contributed by atoms with Crippen LogP contribution in [-0.2, 0) is 6.42 Å². The van der Waals surface area contributed by atoms with Gasteiger partial charge in [-0.2, -0.15) is 0 Å². The molecule has 0 radical (unpaired) electrons. The van der Waals surface area contributed by atoms with Gasteiger partial charge in [-0.15, -0.1) is 0 Å². The lowest BCUT2D eigenvalue weighted by Gasteiger charge is -2.32. The van der Waals surface area contributed by atoms with Crippen molar-refractivity contribution in [1.29, 1.82) is 0 Å². The summed E-state index contributed by atoms with van der Waals surface area (Å²) in [6, 6.07) is 13.0. The highest BCUT2D eigenvalue weighted by Gasteiger charge is 2.20. The Balaban J connectivity index is 1.21. The lowest BCUT2D eigenvalue weighted by atomic mass is 9.89. The highest BCUT2D eigenvalue weighted by molar-refractivity contribution is 5.85. The van der Waals surface area contributed by atoms with Gasteiger partial charge in [-0.05, 0) is 93.0 Å². The average Bonchev–Trinajstić information content (AvgIpc) is 3.14. The summed E-state index contributed by atoms with van der Waals surface area (Å²) in [5.74, 6) is 1.27. The summed E-state index contributed by atoms with van der Waals surface area (Å²) in [4.78, 5) is 16.4. The minimum Gasteiger partial charge on any atom is -0.508 e. The number of nitrogens with zero attached hydrogens (tertiary/aromatic N) is 1. The SMILES string of the molecule is O=C(O)Oc1ccc2c(CCCCN3CCC(c4ccc(O)cc4)CC3)c[nH]c2c1. The first-order valence-corrected chi connectivity index (χ1v) is 10.6. The molecule has 0 unspecified atom stereocenters. The van der Waals surface area contributed by atoms with Gasteiger partial charge in [0, 0.05) is 23.2 Å². The smallest absolute Gasteiger partial charge is 0.508 e. The molecule has 1 aliphatic rings. The molecule has 4 rings (SSSR count). The van der Waals surface area contributed by atoms with Gasteiger partial charge in [-0.25, -0.2) is 4.79 Å². The summed E-state index contributed by atoms with van der Waals surface area (Å²) in [6.07, 6.45) is 6.35. The molecular weight excluding hydrogens is 380 g/mol. The molecule has 6 heteroatoms. The van der Waals surface area contributed by atoms with Crippen molar-refractivity contribution in [2.24, 2.45) is 0 Å². The molecule has 1 fully saturated rings. The summed E-state index contributed by atoms with van der Waals surface area (Å²) in [5.41, 5.74) is 3.50. The van der Waals surface area contributed by atoms with E-state index in [1.54, 1.807) is 24.3 Å². The van der Waals surface area contributed by atoms with Gasteiger partial charge in [0.25, 0.3) is 0 Å². The fourth-order valence-electron chi connectivity index (χ4n) is 4.42. The fraction of sp³-hybridized carbons (Fsp3) is 0.375. The van der Waals surface area contributed by atoms with E-state index in [2.05, 4.69) is 9.88 Å². The first-order chi connectivity index (χ1) is 14.6. The highest BCUT2D eigenvalue weighted by Crippen LogP contribution is 2.29. The van der Waals surface area contributed by atoms with Crippen LogP contribution in [0.5, 0.6) is 11.5 Å². The minimum absolute atomic E-state index is 0.333. The Kier molecular flexibility index (Phi) is 6.23. The molecule has 0 saturated carbocycles. The van der Waals surface area contributed by atoms with E-state index in [-0.39, 0.29) is 0 Å². The number of H-pyrrole nitrogens is 1. The lowest BCUT2D eigenvalue weighted by molar-refractivity contribution is 0.144. The van der Waals surface area contributed by atoms with Crippen molar-refractivity contribution >= 4 is 17.1 Å². The number of fused-ring (bicyclic) bond motifs is 1. The second-order valence-electron chi connectivity index (χ2n) is 8.05. The number of aromatic amines is 1. The molecule has 2 heterocycles. The van der Waals surface area contributed by atoms with Crippen molar-refractivity contribution in [3.8, 4) is 11.5 Å². The molecule has 30 heavy (non-hydrogen) atoms. The van der Waals surface area contributed by atoms with Gasteiger partial charge in [0.2, 0.25) is 0 Å². The normalized spacial score (nSPS) is 15.5. The zero-order valence-electron chi connectivity index (χ0n) is 17.0. The standard InChI is InChI=1S/C24H28N2O4/c27-20-6-4-17(5-7-20)18-10-13-26(14-11-18)12-2-1-3-19-16-25-23-15-21(30-24(28)29)8-9-22(19)23/h4-9,15-16,18,25,27H,1-3,10-14H2,(H,28,29). The Morgan fingerprint density at radius 2 is 1.87 bits per heavy atom. The number of likely N-dealkylation sites (tertiary alicyclic amines) is 1. The maximum Gasteiger partial charge on any atom is 0.511 e. The summed E-state index contributed by atoms with van der Waals surface area (Å²) >= 11 is 0. The number of aryl methyl sites for hydroxylation is 1. The first-order valence-electron chi connectivity index (χ1n) is 10.6. The fourth-order valence-corrected chi connectivity index (χ4v) is 4.42. The van der Waals surface area contributed by atoms with Crippen LogP contribution in [0.3, 0.4) is 0 Å². The first kappa shape index (κ1) is 20.3. The number of hydrogen-bond acceptors (Lipinski definition) is 4. The molecule has 3 aromatic rings. The Morgan fingerprint density at radius 1 is 1.10 bits per heavy atom. The van der Waals surface area contributed by atoms with Crippen LogP contribution in [0.25, 0.3) is 10.9 Å². The van der Waals surface area contributed by atoms with E-state index in [4.69, 9.17) is 9.84 Å². The number of aromatic hydroxyl groups is 1. The second kappa shape index (κ2) is 9.22. The molecule has 3 N–H and O–H groups in total. The van der Waals surface area contributed by atoms with Gasteiger partial charge in [-0.3, -0.25) is 0 Å². The van der Waals surface area contributed by atoms with Gasteiger partial charge < -0.3 is 24.8 Å². The van der Waals surface area contributed by atoms with Gasteiger partial charge in [0.15, 0.2) is 0 Å². The number of hydrogen-bond donors (Lipinski definition) is 3. The lowest BCUT2D eigenvalue weighted by Crippen LogP contribution is -2.33. The average molecular weight is 408 g/mol. The van der Waals surface area contributed by atoms with E-state index in [1.807, 2.05) is 24.4 Å². The molecule has 0 amide bonds. The van der Waals surface area contributed by atoms with Gasteiger partial charge in [0.05, 0.1) is 0 Å². The highest BCUT2D eigenvalue weighted by atomic mass is 16.7. The van der Waals surface area contributed by atoms with Crippen molar-refractivity contribution in [3.63, 3.8) is 0 Å². The van der Waals surface area contributed by atoms with E-state index in [1.165, 1.54) is 24.0 Å². The maximum absolute atomic E-state index is 10.7. The molecule has 0 aliphatic carbocycles. The van der Waals surface area contributed by atoms with E-state index in [0.29, 0.717) is 17.4 Å². The molecule has 0 bridgehead atoms. The predicted octanol–water partition coefficient (Wildman–Crippen LogP) is 5.13. The van der Waals surface area contributed by atoms with Crippen LogP contribution in [0, 0.1) is 0 Å². The van der Waals surface area contributed by atoms with Crippen molar-refractivity contribution in [1.82, 2.24) is 9.88 Å². The van der Waals surface area contributed by atoms with Crippen LogP contribution in [-0.4, -0.2) is 45.9 Å². The van der Waals surface area contributed by atoms with Crippen LogP contribution < -0.4 is 4.74 Å². The van der Waals surface area contributed by atoms with Gasteiger partial charge >= 0.3 is 6.16 Å². The Labute approximate surface area is 176 Å². The van der Waals surface area contributed by atoms with Crippen LogP contribution in [0.15, 0.2) is 48.7 Å². The maximum atomic E-state index is 10.7. The number of piperidine rings is 1. The second-order valence-corrected chi connectivity index (χ2v) is 8.05. The zero-order chi connectivity index (χ0) is 20.9. The number of aromatic nitrogens is 1. The van der Waals surface area contributed by atoms with E-state index >= 15 is 0 Å². The molecule has 1 saturated heterocycles. The van der Waals surface area contributed by atoms with Crippen LogP contribution in [0.4, 0.5) is 4.79 Å². The summed E-state index contributed by atoms with van der Waals surface area (Å²) in [5, 5.41) is 19.3. The summed E-state index contributed by atoms with van der Waals surface area (Å²) in [7, 11) is 0. The molecule has 6 nitrogen and oxygen atoms in total. The van der Waals surface area contributed by atoms with E-state index < -0.39 is 6.16 Å². The number of benzene rings is 2. The third kappa shape index (κ3) is 4.94. The molecule has 158 valence electrons. The van der Waals surface area contributed by atoms with E-state index in [9.17, 15) is 9.90 Å². The Bertz CT molecular complexity index is 988.